The fourth-order valence-corrected chi connectivity index (χ4v) is 2.25. The first kappa shape index (κ1) is 13.8. The van der Waals surface area contributed by atoms with E-state index in [2.05, 4.69) is 22.2 Å². The quantitative estimate of drug-likeness (QED) is 0.816. The van der Waals surface area contributed by atoms with Crippen LogP contribution in [0.5, 0.6) is 0 Å². The fraction of sp³-hybridized carbons (Fsp3) is 0.286. The number of anilines is 1. The molecule has 0 aliphatic heterocycles. The summed E-state index contributed by atoms with van der Waals surface area (Å²) < 4.78 is 12.8. The number of rotatable bonds is 6. The zero-order chi connectivity index (χ0) is 13.5. The average molecular weight is 277 g/mol. The van der Waals surface area contributed by atoms with Crippen molar-refractivity contribution in [1.29, 1.82) is 0 Å². The third-order valence-electron chi connectivity index (χ3n) is 2.46. The third-order valence-corrected chi connectivity index (χ3v) is 3.51. The van der Waals surface area contributed by atoms with Crippen LogP contribution in [0.25, 0.3) is 0 Å². The Bertz CT molecular complexity index is 499. The SMILES string of the molecule is CCCNc1cnc(CSc2ccc(F)cc2)cn1. The highest BCUT2D eigenvalue weighted by molar-refractivity contribution is 7.98. The van der Waals surface area contributed by atoms with Gasteiger partial charge < -0.3 is 5.32 Å². The maximum atomic E-state index is 12.8. The zero-order valence-corrected chi connectivity index (χ0v) is 11.6. The molecular weight excluding hydrogens is 261 g/mol. The number of aromatic nitrogens is 2. The lowest BCUT2D eigenvalue weighted by atomic mass is 10.4. The molecule has 0 aliphatic rings. The number of halogens is 1. The largest absolute Gasteiger partial charge is 0.369 e. The smallest absolute Gasteiger partial charge is 0.144 e. The van der Waals surface area contributed by atoms with Crippen LogP contribution < -0.4 is 5.32 Å². The summed E-state index contributed by atoms with van der Waals surface area (Å²) in [4.78, 5) is 9.66. The lowest BCUT2D eigenvalue weighted by molar-refractivity contribution is 0.626. The van der Waals surface area contributed by atoms with Gasteiger partial charge in [0.15, 0.2) is 0 Å². The Balaban J connectivity index is 1.87. The minimum Gasteiger partial charge on any atom is -0.369 e. The van der Waals surface area contributed by atoms with Crippen LogP contribution in [0.15, 0.2) is 41.6 Å². The van der Waals surface area contributed by atoms with Gasteiger partial charge in [0.05, 0.1) is 18.1 Å². The first-order chi connectivity index (χ1) is 9.28. The molecule has 0 radical (unpaired) electrons. The van der Waals surface area contributed by atoms with Gasteiger partial charge in [-0.25, -0.2) is 9.37 Å². The van der Waals surface area contributed by atoms with Crippen LogP contribution in [-0.2, 0) is 5.75 Å². The van der Waals surface area contributed by atoms with Crippen LogP contribution in [0.2, 0.25) is 0 Å². The molecule has 19 heavy (non-hydrogen) atoms. The number of hydrogen-bond acceptors (Lipinski definition) is 4. The molecule has 0 saturated carbocycles. The highest BCUT2D eigenvalue weighted by Gasteiger charge is 2.00. The van der Waals surface area contributed by atoms with Crippen LogP contribution in [-0.4, -0.2) is 16.5 Å². The Kier molecular flexibility index (Phi) is 5.15. The molecule has 2 rings (SSSR count). The van der Waals surface area contributed by atoms with E-state index < -0.39 is 0 Å². The molecule has 2 aromatic rings. The average Bonchev–Trinajstić information content (AvgIpc) is 2.46. The summed E-state index contributed by atoms with van der Waals surface area (Å²) in [7, 11) is 0. The van der Waals surface area contributed by atoms with Crippen LogP contribution in [0.1, 0.15) is 19.0 Å². The van der Waals surface area contributed by atoms with E-state index >= 15 is 0 Å². The standard InChI is InChI=1S/C14H16FN3S/c1-2-7-16-14-9-17-12(8-18-14)10-19-13-5-3-11(15)4-6-13/h3-6,8-9H,2,7,10H2,1H3,(H,16,18). The molecule has 1 heterocycles. The van der Waals surface area contributed by atoms with E-state index in [1.165, 1.54) is 12.1 Å². The van der Waals surface area contributed by atoms with Gasteiger partial charge in [-0.05, 0) is 30.7 Å². The van der Waals surface area contributed by atoms with Crippen molar-refractivity contribution in [3.8, 4) is 0 Å². The van der Waals surface area contributed by atoms with Crippen molar-refractivity contribution in [3.63, 3.8) is 0 Å². The Hall–Kier alpha value is -1.62. The number of thioether (sulfide) groups is 1. The second kappa shape index (κ2) is 7.09. The number of hydrogen-bond donors (Lipinski definition) is 1. The monoisotopic (exact) mass is 277 g/mol. The van der Waals surface area contributed by atoms with Gasteiger partial charge in [0.2, 0.25) is 0 Å². The Labute approximate surface area is 116 Å². The second-order valence-electron chi connectivity index (χ2n) is 4.06. The Morgan fingerprint density at radius 3 is 2.58 bits per heavy atom. The molecule has 0 saturated heterocycles. The van der Waals surface area contributed by atoms with Crippen molar-refractivity contribution in [3.05, 3.63) is 48.2 Å². The van der Waals surface area contributed by atoms with E-state index in [1.54, 1.807) is 36.3 Å². The summed E-state index contributed by atoms with van der Waals surface area (Å²) in [5.41, 5.74) is 0.913. The van der Waals surface area contributed by atoms with Crippen LogP contribution in [0, 0.1) is 5.82 Å². The van der Waals surface area contributed by atoms with Gasteiger partial charge in [-0.2, -0.15) is 0 Å². The summed E-state index contributed by atoms with van der Waals surface area (Å²) in [6.45, 7) is 3.01. The molecule has 1 N–H and O–H groups in total. The summed E-state index contributed by atoms with van der Waals surface area (Å²) in [6, 6.07) is 6.47. The summed E-state index contributed by atoms with van der Waals surface area (Å²) >= 11 is 1.62. The van der Waals surface area contributed by atoms with E-state index in [0.29, 0.717) is 0 Å². The molecule has 0 amide bonds. The molecule has 1 aromatic heterocycles. The van der Waals surface area contributed by atoms with Crippen LogP contribution >= 0.6 is 11.8 Å². The fourth-order valence-electron chi connectivity index (χ4n) is 1.46. The van der Waals surface area contributed by atoms with E-state index in [0.717, 1.165) is 35.1 Å². The lowest BCUT2D eigenvalue weighted by Gasteiger charge is -2.04. The lowest BCUT2D eigenvalue weighted by Crippen LogP contribution is -2.02. The van der Waals surface area contributed by atoms with Crippen molar-refractivity contribution >= 4 is 17.6 Å². The number of benzene rings is 1. The number of nitrogens with one attached hydrogen (secondary N) is 1. The first-order valence-electron chi connectivity index (χ1n) is 6.21. The predicted molar refractivity (Wildman–Crippen MR) is 76.8 cm³/mol. The summed E-state index contributed by atoms with van der Waals surface area (Å²) in [5, 5.41) is 3.18. The third kappa shape index (κ3) is 4.52. The van der Waals surface area contributed by atoms with Gasteiger partial charge in [0, 0.05) is 17.2 Å². The van der Waals surface area contributed by atoms with Crippen LogP contribution in [0.3, 0.4) is 0 Å². The van der Waals surface area contributed by atoms with E-state index in [-0.39, 0.29) is 5.82 Å². The molecule has 3 nitrogen and oxygen atoms in total. The van der Waals surface area contributed by atoms with Gasteiger partial charge in [-0.15, -0.1) is 11.8 Å². The maximum absolute atomic E-state index is 12.8. The van der Waals surface area contributed by atoms with Crippen LogP contribution in [0.4, 0.5) is 10.2 Å². The van der Waals surface area contributed by atoms with Gasteiger partial charge in [-0.3, -0.25) is 4.98 Å². The topological polar surface area (TPSA) is 37.8 Å². The van der Waals surface area contributed by atoms with Gasteiger partial charge in [0.1, 0.15) is 11.6 Å². The molecule has 0 atom stereocenters. The molecule has 0 bridgehead atoms. The molecular formula is C14H16FN3S. The van der Waals surface area contributed by atoms with Crippen molar-refractivity contribution in [1.82, 2.24) is 9.97 Å². The van der Waals surface area contributed by atoms with E-state index in [4.69, 9.17) is 0 Å². The zero-order valence-electron chi connectivity index (χ0n) is 10.8. The first-order valence-corrected chi connectivity index (χ1v) is 7.19. The highest BCUT2D eigenvalue weighted by Crippen LogP contribution is 2.21. The van der Waals surface area contributed by atoms with Crippen molar-refractivity contribution < 1.29 is 4.39 Å². The van der Waals surface area contributed by atoms with E-state index in [9.17, 15) is 4.39 Å². The van der Waals surface area contributed by atoms with Gasteiger partial charge >= 0.3 is 0 Å². The maximum Gasteiger partial charge on any atom is 0.144 e. The molecule has 0 unspecified atom stereocenters. The normalized spacial score (nSPS) is 10.4. The Morgan fingerprint density at radius 2 is 1.95 bits per heavy atom. The molecule has 0 aliphatic carbocycles. The van der Waals surface area contributed by atoms with Gasteiger partial charge in [-0.1, -0.05) is 6.92 Å². The second-order valence-corrected chi connectivity index (χ2v) is 5.11. The molecule has 0 fully saturated rings. The summed E-state index contributed by atoms with van der Waals surface area (Å²) in [5.74, 6) is 1.32. The van der Waals surface area contributed by atoms with Crippen molar-refractivity contribution in [2.45, 2.75) is 24.0 Å². The minimum absolute atomic E-state index is 0.213. The molecule has 0 spiro atoms. The highest BCUT2D eigenvalue weighted by atomic mass is 32.2. The predicted octanol–water partition coefficient (Wildman–Crippen LogP) is 3.73. The summed E-state index contributed by atoms with van der Waals surface area (Å²) in [6.07, 6.45) is 4.58. The minimum atomic E-state index is -0.213. The molecule has 5 heteroatoms. The van der Waals surface area contributed by atoms with Gasteiger partial charge in [0.25, 0.3) is 0 Å². The Morgan fingerprint density at radius 1 is 1.16 bits per heavy atom. The van der Waals surface area contributed by atoms with E-state index in [1.807, 2.05) is 0 Å². The number of nitrogens with zero attached hydrogens (tertiary/aromatic N) is 2. The molecule has 1 aromatic carbocycles. The van der Waals surface area contributed by atoms with Crippen molar-refractivity contribution in [2.24, 2.45) is 0 Å². The molecule has 100 valence electrons. The van der Waals surface area contributed by atoms with Crippen molar-refractivity contribution in [2.75, 3.05) is 11.9 Å².